The number of nitrogens with two attached hydrogens (primary N) is 1. The average molecular weight is 165 g/mol. The normalized spacial score (nSPS) is 12.8. The first kappa shape index (κ1) is 9.16. The van der Waals surface area contributed by atoms with Gasteiger partial charge in [-0.1, -0.05) is 6.92 Å². The van der Waals surface area contributed by atoms with Gasteiger partial charge in [-0.3, -0.25) is 16.3 Å². The monoisotopic (exact) mass is 165 g/mol. The largest absolute Gasteiger partial charge is 0.271 e. The lowest BCUT2D eigenvalue weighted by Crippen LogP contribution is -2.36. The number of nitrogens with zero attached hydrogens (tertiary/aromatic N) is 1. The second kappa shape index (κ2) is 4.85. The maximum absolute atomic E-state index is 5.37. The molecule has 3 N–H and O–H groups in total. The average Bonchev–Trinajstić information content (AvgIpc) is 2.16. The third-order valence-electron chi connectivity index (χ3n) is 1.96. The molecule has 1 aromatic heterocycles. The number of hydrogen-bond acceptors (Lipinski definition) is 3. The molecule has 0 fully saturated rings. The zero-order valence-electron chi connectivity index (χ0n) is 7.33. The van der Waals surface area contributed by atoms with Gasteiger partial charge in [0.1, 0.15) is 0 Å². The van der Waals surface area contributed by atoms with Crippen molar-refractivity contribution < 1.29 is 0 Å². The Hall–Kier alpha value is -0.930. The Morgan fingerprint density at radius 2 is 2.17 bits per heavy atom. The van der Waals surface area contributed by atoms with Crippen LogP contribution in [0.5, 0.6) is 0 Å². The van der Waals surface area contributed by atoms with Gasteiger partial charge in [-0.15, -0.1) is 0 Å². The highest BCUT2D eigenvalue weighted by Crippen LogP contribution is 2.02. The van der Waals surface area contributed by atoms with Crippen molar-refractivity contribution >= 4 is 0 Å². The quantitative estimate of drug-likeness (QED) is 0.514. The van der Waals surface area contributed by atoms with E-state index in [9.17, 15) is 0 Å². The van der Waals surface area contributed by atoms with Gasteiger partial charge in [0.05, 0.1) is 0 Å². The van der Waals surface area contributed by atoms with Crippen molar-refractivity contribution in [2.24, 2.45) is 5.84 Å². The highest BCUT2D eigenvalue weighted by molar-refractivity contribution is 5.11. The minimum absolute atomic E-state index is 0.368. The molecule has 1 rings (SSSR count). The van der Waals surface area contributed by atoms with Crippen LogP contribution in [0.25, 0.3) is 0 Å². The Bertz CT molecular complexity index is 206. The smallest absolute Gasteiger partial charge is 0.0270 e. The fourth-order valence-electron chi connectivity index (χ4n) is 1.12. The molecule has 0 aromatic carbocycles. The Labute approximate surface area is 73.0 Å². The molecule has 0 saturated carbocycles. The van der Waals surface area contributed by atoms with Gasteiger partial charge in [-0.2, -0.15) is 0 Å². The summed E-state index contributed by atoms with van der Waals surface area (Å²) in [5.74, 6) is 5.37. The van der Waals surface area contributed by atoms with Crippen LogP contribution in [0.1, 0.15) is 18.9 Å². The lowest BCUT2D eigenvalue weighted by atomic mass is 10.1. The standard InChI is InChI=1S/C9H15N3/c1-2-9(12-10)7-8-3-5-11-6-4-8/h3-6,9,12H,2,7,10H2,1H3. The SMILES string of the molecule is CCC(Cc1ccncc1)NN. The van der Waals surface area contributed by atoms with Crippen molar-refractivity contribution in [1.29, 1.82) is 0 Å². The molecule has 0 aliphatic heterocycles. The maximum Gasteiger partial charge on any atom is 0.0270 e. The van der Waals surface area contributed by atoms with Crippen LogP contribution in [-0.4, -0.2) is 11.0 Å². The van der Waals surface area contributed by atoms with Crippen molar-refractivity contribution in [2.45, 2.75) is 25.8 Å². The van der Waals surface area contributed by atoms with Crippen molar-refractivity contribution in [3.05, 3.63) is 30.1 Å². The van der Waals surface area contributed by atoms with Gasteiger partial charge in [0.25, 0.3) is 0 Å². The Kier molecular flexibility index (Phi) is 3.70. The minimum Gasteiger partial charge on any atom is -0.271 e. The van der Waals surface area contributed by atoms with E-state index in [0.29, 0.717) is 6.04 Å². The summed E-state index contributed by atoms with van der Waals surface area (Å²) in [4.78, 5) is 3.95. The highest BCUT2D eigenvalue weighted by Gasteiger charge is 2.03. The van der Waals surface area contributed by atoms with Gasteiger partial charge in [-0.25, -0.2) is 0 Å². The van der Waals surface area contributed by atoms with Gasteiger partial charge in [0, 0.05) is 18.4 Å². The molecule has 66 valence electrons. The van der Waals surface area contributed by atoms with Crippen LogP contribution in [-0.2, 0) is 6.42 Å². The second-order valence-electron chi connectivity index (χ2n) is 2.83. The fraction of sp³-hybridized carbons (Fsp3) is 0.444. The number of nitrogens with one attached hydrogen (secondary N) is 1. The Morgan fingerprint density at radius 3 is 2.67 bits per heavy atom. The predicted octanol–water partition coefficient (Wildman–Crippen LogP) is 0.866. The van der Waals surface area contributed by atoms with Crippen LogP contribution < -0.4 is 11.3 Å². The van der Waals surface area contributed by atoms with Gasteiger partial charge in [-0.05, 0) is 30.5 Å². The van der Waals surface area contributed by atoms with E-state index < -0.39 is 0 Å². The molecule has 1 heterocycles. The Morgan fingerprint density at radius 1 is 1.50 bits per heavy atom. The summed E-state index contributed by atoms with van der Waals surface area (Å²) in [6.45, 7) is 2.12. The molecule has 0 aliphatic rings. The molecule has 0 aliphatic carbocycles. The summed E-state index contributed by atoms with van der Waals surface area (Å²) in [6.07, 6.45) is 5.62. The number of pyridine rings is 1. The van der Waals surface area contributed by atoms with Crippen molar-refractivity contribution in [3.8, 4) is 0 Å². The first-order chi connectivity index (χ1) is 5.86. The topological polar surface area (TPSA) is 50.9 Å². The molecule has 1 unspecified atom stereocenters. The van der Waals surface area contributed by atoms with Crippen LogP contribution in [0.4, 0.5) is 0 Å². The number of rotatable bonds is 4. The molecule has 0 bridgehead atoms. The van der Waals surface area contributed by atoms with E-state index in [1.807, 2.05) is 12.1 Å². The fourth-order valence-corrected chi connectivity index (χ4v) is 1.12. The molecule has 0 spiro atoms. The predicted molar refractivity (Wildman–Crippen MR) is 49.3 cm³/mol. The van der Waals surface area contributed by atoms with E-state index in [1.165, 1.54) is 5.56 Å². The molecule has 0 saturated heterocycles. The van der Waals surface area contributed by atoms with Crippen LogP contribution in [0, 0.1) is 0 Å². The lowest BCUT2D eigenvalue weighted by Gasteiger charge is -2.12. The Balaban J connectivity index is 2.51. The summed E-state index contributed by atoms with van der Waals surface area (Å²) >= 11 is 0. The zero-order valence-corrected chi connectivity index (χ0v) is 7.33. The molecule has 3 heteroatoms. The summed E-state index contributed by atoms with van der Waals surface area (Å²) in [5.41, 5.74) is 4.05. The van der Waals surface area contributed by atoms with Crippen molar-refractivity contribution in [1.82, 2.24) is 10.4 Å². The second-order valence-corrected chi connectivity index (χ2v) is 2.83. The van der Waals surface area contributed by atoms with E-state index in [2.05, 4.69) is 17.3 Å². The van der Waals surface area contributed by atoms with E-state index in [-0.39, 0.29) is 0 Å². The van der Waals surface area contributed by atoms with Gasteiger partial charge < -0.3 is 0 Å². The van der Waals surface area contributed by atoms with Crippen LogP contribution in [0.3, 0.4) is 0 Å². The molecule has 1 atom stereocenters. The van der Waals surface area contributed by atoms with Gasteiger partial charge in [0.2, 0.25) is 0 Å². The molecule has 3 nitrogen and oxygen atoms in total. The summed E-state index contributed by atoms with van der Waals surface area (Å²) < 4.78 is 0. The molecule has 0 amide bonds. The first-order valence-corrected chi connectivity index (χ1v) is 4.21. The van der Waals surface area contributed by atoms with E-state index in [1.54, 1.807) is 12.4 Å². The molecule has 1 aromatic rings. The molecule has 12 heavy (non-hydrogen) atoms. The third kappa shape index (κ3) is 2.60. The van der Waals surface area contributed by atoms with E-state index >= 15 is 0 Å². The maximum atomic E-state index is 5.37. The molecular weight excluding hydrogens is 150 g/mol. The summed E-state index contributed by atoms with van der Waals surface area (Å²) in [7, 11) is 0. The molecular formula is C9H15N3. The van der Waals surface area contributed by atoms with Crippen LogP contribution in [0.15, 0.2) is 24.5 Å². The van der Waals surface area contributed by atoms with Crippen LogP contribution >= 0.6 is 0 Å². The van der Waals surface area contributed by atoms with Gasteiger partial charge in [0.15, 0.2) is 0 Å². The number of hydrazine groups is 1. The third-order valence-corrected chi connectivity index (χ3v) is 1.96. The number of aromatic nitrogens is 1. The van der Waals surface area contributed by atoms with Gasteiger partial charge >= 0.3 is 0 Å². The first-order valence-electron chi connectivity index (χ1n) is 4.21. The highest BCUT2D eigenvalue weighted by atomic mass is 15.2. The zero-order chi connectivity index (χ0) is 8.81. The number of hydrogen-bond donors (Lipinski definition) is 2. The van der Waals surface area contributed by atoms with Crippen LogP contribution in [0.2, 0.25) is 0 Å². The minimum atomic E-state index is 0.368. The van der Waals surface area contributed by atoms with E-state index in [0.717, 1.165) is 12.8 Å². The summed E-state index contributed by atoms with van der Waals surface area (Å²) in [6, 6.07) is 4.40. The summed E-state index contributed by atoms with van der Waals surface area (Å²) in [5, 5.41) is 0. The van der Waals surface area contributed by atoms with E-state index in [4.69, 9.17) is 5.84 Å². The van der Waals surface area contributed by atoms with Crippen molar-refractivity contribution in [2.75, 3.05) is 0 Å². The van der Waals surface area contributed by atoms with Crippen molar-refractivity contribution in [3.63, 3.8) is 0 Å². The lowest BCUT2D eigenvalue weighted by molar-refractivity contribution is 0.511. The molecule has 0 radical (unpaired) electrons.